The monoisotopic (exact) mass is 829 g/mol. The summed E-state index contributed by atoms with van der Waals surface area (Å²) in [6.45, 7) is 17.9. The first-order valence-electron chi connectivity index (χ1n) is 19.8. The zero-order valence-electron chi connectivity index (χ0n) is 34.8. The van der Waals surface area contributed by atoms with Crippen LogP contribution < -0.4 is 24.8 Å². The van der Waals surface area contributed by atoms with Crippen LogP contribution in [0.5, 0.6) is 11.5 Å². The number of hydrogen-bond acceptors (Lipinski definition) is 10. The lowest BCUT2D eigenvalue weighted by molar-refractivity contribution is -0.143. The zero-order valence-corrected chi connectivity index (χ0v) is 35.6. The molecule has 4 amide bonds. The van der Waals surface area contributed by atoms with Crippen LogP contribution in [0.15, 0.2) is 79.9 Å². The molecular formula is C44H55N5O9S. The average Bonchev–Trinajstić information content (AvgIpc) is 4.07. The summed E-state index contributed by atoms with van der Waals surface area (Å²) in [6, 6.07) is 14.4. The molecule has 1 saturated heterocycles. The van der Waals surface area contributed by atoms with Gasteiger partial charge >= 0.3 is 6.09 Å². The first kappa shape index (κ1) is 43.1. The summed E-state index contributed by atoms with van der Waals surface area (Å²) in [6.07, 6.45) is 2.51. The second-order valence-corrected chi connectivity index (χ2v) is 19.9. The van der Waals surface area contributed by atoms with E-state index in [1.165, 1.54) is 17.1 Å². The van der Waals surface area contributed by atoms with Crippen LogP contribution in [0, 0.1) is 11.3 Å². The van der Waals surface area contributed by atoms with Crippen molar-refractivity contribution in [3.05, 3.63) is 79.9 Å². The second-order valence-electron chi connectivity index (χ2n) is 17.8. The van der Waals surface area contributed by atoms with Crippen molar-refractivity contribution in [3.8, 4) is 22.8 Å². The van der Waals surface area contributed by atoms with Crippen LogP contribution in [0.3, 0.4) is 0 Å². The molecule has 5 unspecified atom stereocenters. The van der Waals surface area contributed by atoms with E-state index in [4.69, 9.17) is 19.2 Å². The number of benzene rings is 2. The van der Waals surface area contributed by atoms with Crippen LogP contribution in [0.1, 0.15) is 73.6 Å². The fraction of sp³-hybridized carbons (Fsp3) is 0.477. The number of carbonyl (C=O) groups is 4. The summed E-state index contributed by atoms with van der Waals surface area (Å²) < 4.78 is 45.7. The van der Waals surface area contributed by atoms with Crippen LogP contribution in [0.25, 0.3) is 22.2 Å². The number of nitrogens with one attached hydrogen (secondary N) is 3. The van der Waals surface area contributed by atoms with Crippen LogP contribution in [-0.4, -0.2) is 89.8 Å². The van der Waals surface area contributed by atoms with Gasteiger partial charge in [0.05, 0.1) is 29.6 Å². The van der Waals surface area contributed by atoms with Crippen molar-refractivity contribution < 1.29 is 41.8 Å². The van der Waals surface area contributed by atoms with E-state index in [-0.39, 0.29) is 25.8 Å². The number of likely N-dealkylation sites (tertiary alicyclic amines) is 1. The Bertz CT molecular complexity index is 2260. The molecule has 5 atom stereocenters. The molecule has 3 aliphatic rings. The standard InChI is InChI=1S/C44H55N5O9S/c1-10-19-43(20-21-43)59(54,55)48-39(52)44(25-28(44)11-2)47-37(50)34-23-30(26-49(34)38(51)36(41(3,4)5)46-40(53)58-42(6,7)8)57-35-24-32(27-15-13-12-14-16-27)45-33-22-29(56-9)17-18-31(33)35/h10-18,22,24,28,30,34,36H,1-2,19-21,23,25-26H2,3-9H3,(H,46,53)(H,47,50)(H,48,52). The summed E-state index contributed by atoms with van der Waals surface area (Å²) in [5.41, 5.74) is -1.24. The Morgan fingerprint density at radius 3 is 2.29 bits per heavy atom. The summed E-state index contributed by atoms with van der Waals surface area (Å²) in [7, 11) is -2.55. The largest absolute Gasteiger partial charge is 0.497 e. The van der Waals surface area contributed by atoms with Gasteiger partial charge in [-0.05, 0) is 64.0 Å². The van der Waals surface area contributed by atoms with Crippen molar-refractivity contribution in [1.82, 2.24) is 25.2 Å². The Morgan fingerprint density at radius 1 is 1.02 bits per heavy atom. The number of ether oxygens (including phenoxy) is 3. The van der Waals surface area contributed by atoms with E-state index in [0.29, 0.717) is 40.9 Å². The minimum absolute atomic E-state index is 0.00128. The molecule has 15 heteroatoms. The maximum Gasteiger partial charge on any atom is 0.408 e. The second kappa shape index (κ2) is 16.0. The number of allylic oxidation sites excluding steroid dienone is 1. The number of hydrogen-bond donors (Lipinski definition) is 3. The molecule has 14 nitrogen and oxygen atoms in total. The van der Waals surface area contributed by atoms with E-state index < -0.39 is 79.2 Å². The average molecular weight is 830 g/mol. The van der Waals surface area contributed by atoms with Crippen molar-refractivity contribution in [2.75, 3.05) is 13.7 Å². The third kappa shape index (κ3) is 9.09. The Balaban J connectivity index is 1.34. The summed E-state index contributed by atoms with van der Waals surface area (Å²) in [5.74, 6) is -1.65. The smallest absolute Gasteiger partial charge is 0.408 e. The fourth-order valence-corrected chi connectivity index (χ4v) is 9.22. The molecule has 59 heavy (non-hydrogen) atoms. The SMILES string of the molecule is C=CCC1(S(=O)(=O)NC(=O)C2(NC(=O)C3CC(Oc4cc(-c5ccccc5)nc5cc(OC)ccc45)CN3C(=O)C(NC(=O)OC(C)(C)C)C(C)(C)C)CC2C=C)CC1. The van der Waals surface area contributed by atoms with Gasteiger partial charge in [-0.2, -0.15) is 0 Å². The molecule has 2 saturated carbocycles. The van der Waals surface area contributed by atoms with E-state index in [9.17, 15) is 27.6 Å². The Hall–Kier alpha value is -5.44. The van der Waals surface area contributed by atoms with E-state index in [0.717, 1.165) is 5.56 Å². The van der Waals surface area contributed by atoms with E-state index in [1.54, 1.807) is 60.8 Å². The fourth-order valence-electron chi connectivity index (χ4n) is 7.60. The summed E-state index contributed by atoms with van der Waals surface area (Å²) in [5, 5.41) is 6.24. The predicted molar refractivity (Wildman–Crippen MR) is 224 cm³/mol. The molecule has 2 aromatic carbocycles. The van der Waals surface area contributed by atoms with Crippen LogP contribution in [0.2, 0.25) is 0 Å². The predicted octanol–water partition coefficient (Wildman–Crippen LogP) is 5.81. The Kier molecular flexibility index (Phi) is 11.7. The molecule has 3 fully saturated rings. The molecule has 3 aromatic rings. The highest BCUT2D eigenvalue weighted by Gasteiger charge is 2.63. The molecule has 6 rings (SSSR count). The molecular weight excluding hydrogens is 775 g/mol. The van der Waals surface area contributed by atoms with Gasteiger partial charge in [-0.1, -0.05) is 63.3 Å². The van der Waals surface area contributed by atoms with Gasteiger partial charge in [0.15, 0.2) is 0 Å². The topological polar surface area (TPSA) is 182 Å². The number of nitrogens with zero attached hydrogens (tertiary/aromatic N) is 2. The molecule has 316 valence electrons. The van der Waals surface area contributed by atoms with Gasteiger partial charge in [-0.25, -0.2) is 18.2 Å². The number of rotatable bonds is 14. The minimum Gasteiger partial charge on any atom is -0.497 e. The number of amides is 4. The number of carbonyl (C=O) groups excluding carboxylic acids is 4. The number of alkyl carbamates (subject to hydrolysis) is 1. The highest BCUT2D eigenvalue weighted by Crippen LogP contribution is 2.49. The molecule has 3 N–H and O–H groups in total. The van der Waals surface area contributed by atoms with Crippen LogP contribution >= 0.6 is 0 Å². The van der Waals surface area contributed by atoms with Gasteiger partial charge in [0.1, 0.15) is 40.8 Å². The molecule has 1 aliphatic heterocycles. The van der Waals surface area contributed by atoms with Crippen molar-refractivity contribution >= 4 is 44.7 Å². The third-order valence-electron chi connectivity index (χ3n) is 11.1. The minimum atomic E-state index is -4.11. The highest BCUT2D eigenvalue weighted by atomic mass is 32.2. The number of fused-ring (bicyclic) bond motifs is 1. The molecule has 0 radical (unpaired) electrons. The van der Waals surface area contributed by atoms with Crippen molar-refractivity contribution in [1.29, 1.82) is 0 Å². The maximum atomic E-state index is 14.7. The molecule has 0 bridgehead atoms. The van der Waals surface area contributed by atoms with Crippen LogP contribution in [0.4, 0.5) is 4.79 Å². The van der Waals surface area contributed by atoms with Crippen LogP contribution in [-0.2, 0) is 29.1 Å². The van der Waals surface area contributed by atoms with Crippen molar-refractivity contribution in [2.24, 2.45) is 11.3 Å². The molecule has 1 aromatic heterocycles. The third-order valence-corrected chi connectivity index (χ3v) is 13.3. The quantitative estimate of drug-likeness (QED) is 0.168. The molecule has 0 spiro atoms. The lowest BCUT2D eigenvalue weighted by Gasteiger charge is -2.36. The molecule has 2 aliphatic carbocycles. The number of sulfonamides is 1. The molecule has 2 heterocycles. The van der Waals surface area contributed by atoms with Gasteiger partial charge in [-0.15, -0.1) is 13.2 Å². The maximum absolute atomic E-state index is 14.7. The number of pyridine rings is 1. The number of aromatic nitrogens is 1. The first-order valence-corrected chi connectivity index (χ1v) is 21.3. The summed E-state index contributed by atoms with van der Waals surface area (Å²) >= 11 is 0. The van der Waals surface area contributed by atoms with Gasteiger partial charge in [0.2, 0.25) is 21.8 Å². The van der Waals surface area contributed by atoms with Gasteiger partial charge in [0.25, 0.3) is 5.91 Å². The van der Waals surface area contributed by atoms with Crippen molar-refractivity contribution in [2.45, 2.75) is 108 Å². The normalized spacial score (nSPS) is 22.7. The number of methoxy groups -OCH3 is 1. The zero-order chi connectivity index (χ0) is 43.1. The lowest BCUT2D eigenvalue weighted by Crippen LogP contribution is -2.60. The van der Waals surface area contributed by atoms with E-state index in [2.05, 4.69) is 28.5 Å². The summed E-state index contributed by atoms with van der Waals surface area (Å²) in [4.78, 5) is 62.6. The van der Waals surface area contributed by atoms with E-state index >= 15 is 0 Å². The van der Waals surface area contributed by atoms with E-state index in [1.807, 2.05) is 42.5 Å². The van der Waals surface area contributed by atoms with Gasteiger partial charge in [0, 0.05) is 35.4 Å². The Morgan fingerprint density at radius 2 is 1.71 bits per heavy atom. The highest BCUT2D eigenvalue weighted by molar-refractivity contribution is 7.91. The van der Waals surface area contributed by atoms with Gasteiger partial charge < -0.3 is 29.7 Å². The van der Waals surface area contributed by atoms with Crippen molar-refractivity contribution in [3.63, 3.8) is 0 Å². The first-order chi connectivity index (χ1) is 27.7. The lowest BCUT2D eigenvalue weighted by atomic mass is 9.85. The Labute approximate surface area is 346 Å². The van der Waals surface area contributed by atoms with Gasteiger partial charge in [-0.3, -0.25) is 19.1 Å².